The summed E-state index contributed by atoms with van der Waals surface area (Å²) in [6.07, 6.45) is 2.08. The standard InChI is InChI=1S/C19H22NO/c1-19(2,3)18(21)20-17(16-12-8-5-9-13-16)14-15-10-6-4-7-11-15/h4-14,17H,1-3H3,(H,20,21). The van der Waals surface area contributed by atoms with Crippen LogP contribution in [0.4, 0.5) is 0 Å². The highest BCUT2D eigenvalue weighted by molar-refractivity contribution is 5.82. The number of carbonyl (C=O) groups is 1. The first-order valence-corrected chi connectivity index (χ1v) is 7.22. The van der Waals surface area contributed by atoms with Crippen molar-refractivity contribution in [3.05, 3.63) is 78.2 Å². The van der Waals surface area contributed by atoms with Gasteiger partial charge in [0.25, 0.3) is 0 Å². The second-order valence-electron chi connectivity index (χ2n) is 6.19. The Kier molecular flexibility index (Phi) is 4.79. The van der Waals surface area contributed by atoms with E-state index in [1.807, 2.05) is 81.4 Å². The summed E-state index contributed by atoms with van der Waals surface area (Å²) < 4.78 is 0. The highest BCUT2D eigenvalue weighted by Crippen LogP contribution is 2.23. The molecule has 0 fully saturated rings. The number of amides is 1. The first-order valence-electron chi connectivity index (χ1n) is 7.22. The van der Waals surface area contributed by atoms with Gasteiger partial charge in [-0.05, 0) is 11.1 Å². The summed E-state index contributed by atoms with van der Waals surface area (Å²) in [5.41, 5.74) is 1.77. The Morgan fingerprint density at radius 1 is 0.952 bits per heavy atom. The molecular weight excluding hydrogens is 258 g/mol. The summed E-state index contributed by atoms with van der Waals surface area (Å²) in [5, 5.41) is 3.13. The molecule has 2 aromatic carbocycles. The zero-order valence-electron chi connectivity index (χ0n) is 12.8. The molecule has 0 spiro atoms. The van der Waals surface area contributed by atoms with Crippen LogP contribution >= 0.6 is 0 Å². The average molecular weight is 280 g/mol. The summed E-state index contributed by atoms with van der Waals surface area (Å²) in [6.45, 7) is 5.77. The molecule has 1 unspecified atom stereocenters. The molecule has 109 valence electrons. The normalized spacial score (nSPS) is 12.7. The Bertz CT molecular complexity index is 570. The van der Waals surface area contributed by atoms with E-state index in [1.165, 1.54) is 0 Å². The molecular formula is C19H22NO. The lowest BCUT2D eigenvalue weighted by Gasteiger charge is -2.24. The van der Waals surface area contributed by atoms with Crippen LogP contribution < -0.4 is 5.32 Å². The zero-order chi connectivity index (χ0) is 15.3. The molecule has 0 heterocycles. The van der Waals surface area contributed by atoms with Crippen LogP contribution in [0, 0.1) is 11.8 Å². The van der Waals surface area contributed by atoms with E-state index in [0.29, 0.717) is 0 Å². The van der Waals surface area contributed by atoms with Crippen LogP contribution in [0.2, 0.25) is 0 Å². The van der Waals surface area contributed by atoms with Gasteiger partial charge in [0.05, 0.1) is 6.04 Å². The van der Waals surface area contributed by atoms with Crippen LogP contribution in [0.1, 0.15) is 37.9 Å². The molecule has 0 aliphatic rings. The van der Waals surface area contributed by atoms with Crippen LogP contribution in [0.15, 0.2) is 60.7 Å². The minimum absolute atomic E-state index is 0.0449. The van der Waals surface area contributed by atoms with Gasteiger partial charge in [0.15, 0.2) is 0 Å². The fraction of sp³-hybridized carbons (Fsp3) is 0.263. The van der Waals surface area contributed by atoms with Gasteiger partial charge in [-0.3, -0.25) is 4.79 Å². The topological polar surface area (TPSA) is 29.1 Å². The Morgan fingerprint density at radius 2 is 1.48 bits per heavy atom. The third-order valence-corrected chi connectivity index (χ3v) is 3.29. The highest BCUT2D eigenvalue weighted by atomic mass is 16.2. The molecule has 0 aliphatic carbocycles. The Morgan fingerprint density at radius 3 is 2.00 bits per heavy atom. The number of rotatable bonds is 4. The number of benzene rings is 2. The maximum Gasteiger partial charge on any atom is 0.225 e. The van der Waals surface area contributed by atoms with Crippen LogP contribution in [0.3, 0.4) is 0 Å². The van der Waals surface area contributed by atoms with Gasteiger partial charge in [0.2, 0.25) is 5.91 Å². The van der Waals surface area contributed by atoms with Gasteiger partial charge in [0.1, 0.15) is 0 Å². The predicted molar refractivity (Wildman–Crippen MR) is 86.6 cm³/mol. The smallest absolute Gasteiger partial charge is 0.225 e. The van der Waals surface area contributed by atoms with Gasteiger partial charge in [-0.1, -0.05) is 81.4 Å². The van der Waals surface area contributed by atoms with E-state index in [4.69, 9.17) is 0 Å². The van der Waals surface area contributed by atoms with Crippen LogP contribution in [-0.2, 0) is 4.79 Å². The van der Waals surface area contributed by atoms with Crippen molar-refractivity contribution in [2.24, 2.45) is 5.41 Å². The van der Waals surface area contributed by atoms with Crippen LogP contribution in [0.5, 0.6) is 0 Å². The molecule has 0 aliphatic heterocycles. The van der Waals surface area contributed by atoms with Crippen molar-refractivity contribution in [3.63, 3.8) is 0 Å². The number of nitrogens with one attached hydrogen (secondary N) is 1. The van der Waals surface area contributed by atoms with E-state index in [-0.39, 0.29) is 11.9 Å². The van der Waals surface area contributed by atoms with Crippen LogP contribution in [-0.4, -0.2) is 5.91 Å². The summed E-state index contributed by atoms with van der Waals surface area (Å²) in [5.74, 6) is 0.0449. The molecule has 1 atom stereocenters. The fourth-order valence-corrected chi connectivity index (χ4v) is 2.00. The monoisotopic (exact) mass is 280 g/mol. The SMILES string of the molecule is CC(C)(C)C(=O)NC([CH]c1ccccc1)c1ccccc1. The van der Waals surface area contributed by atoms with E-state index >= 15 is 0 Å². The molecule has 21 heavy (non-hydrogen) atoms. The van der Waals surface area contributed by atoms with E-state index in [2.05, 4.69) is 11.7 Å². The summed E-state index contributed by atoms with van der Waals surface area (Å²) in [7, 11) is 0. The largest absolute Gasteiger partial charge is 0.348 e. The molecule has 2 rings (SSSR count). The van der Waals surface area contributed by atoms with E-state index in [9.17, 15) is 4.79 Å². The maximum atomic E-state index is 12.3. The molecule has 2 heteroatoms. The van der Waals surface area contributed by atoms with Gasteiger partial charge >= 0.3 is 0 Å². The lowest BCUT2D eigenvalue weighted by Crippen LogP contribution is -2.37. The van der Waals surface area contributed by atoms with E-state index < -0.39 is 5.41 Å². The summed E-state index contributed by atoms with van der Waals surface area (Å²) in [4.78, 5) is 12.3. The molecule has 2 aromatic rings. The Labute approximate surface area is 127 Å². The summed E-state index contributed by atoms with van der Waals surface area (Å²) in [6, 6.07) is 20.0. The number of hydrogen-bond acceptors (Lipinski definition) is 1. The first kappa shape index (κ1) is 15.3. The van der Waals surface area contributed by atoms with Gasteiger partial charge in [-0.15, -0.1) is 0 Å². The zero-order valence-corrected chi connectivity index (χ0v) is 12.8. The van der Waals surface area contributed by atoms with Gasteiger partial charge in [-0.2, -0.15) is 0 Å². The Balaban J connectivity index is 2.21. The average Bonchev–Trinajstić information content (AvgIpc) is 2.47. The molecule has 0 saturated carbocycles. The minimum atomic E-state index is -0.405. The van der Waals surface area contributed by atoms with Crippen molar-refractivity contribution < 1.29 is 4.79 Å². The number of hydrogen-bond donors (Lipinski definition) is 1. The lowest BCUT2D eigenvalue weighted by atomic mass is 9.93. The molecule has 1 N–H and O–H groups in total. The minimum Gasteiger partial charge on any atom is -0.348 e. The maximum absolute atomic E-state index is 12.3. The van der Waals surface area contributed by atoms with Crippen molar-refractivity contribution in [2.75, 3.05) is 0 Å². The number of carbonyl (C=O) groups excluding carboxylic acids is 1. The molecule has 0 bridgehead atoms. The van der Waals surface area contributed by atoms with Crippen molar-refractivity contribution in [2.45, 2.75) is 26.8 Å². The lowest BCUT2D eigenvalue weighted by molar-refractivity contribution is -0.129. The van der Waals surface area contributed by atoms with Crippen molar-refractivity contribution in [1.82, 2.24) is 5.32 Å². The predicted octanol–water partition coefficient (Wildman–Crippen LogP) is 4.14. The van der Waals surface area contributed by atoms with Crippen molar-refractivity contribution >= 4 is 5.91 Å². The van der Waals surface area contributed by atoms with E-state index in [0.717, 1.165) is 11.1 Å². The van der Waals surface area contributed by atoms with Crippen LogP contribution in [0.25, 0.3) is 0 Å². The second-order valence-corrected chi connectivity index (χ2v) is 6.19. The molecule has 2 nitrogen and oxygen atoms in total. The quantitative estimate of drug-likeness (QED) is 0.896. The highest BCUT2D eigenvalue weighted by Gasteiger charge is 2.24. The van der Waals surface area contributed by atoms with Crippen molar-refractivity contribution in [1.29, 1.82) is 0 Å². The summed E-state index contributed by atoms with van der Waals surface area (Å²) >= 11 is 0. The molecule has 1 amide bonds. The fourth-order valence-electron chi connectivity index (χ4n) is 2.00. The molecule has 0 aromatic heterocycles. The third-order valence-electron chi connectivity index (χ3n) is 3.29. The van der Waals surface area contributed by atoms with E-state index in [1.54, 1.807) is 0 Å². The third kappa shape index (κ3) is 4.45. The molecule has 0 saturated heterocycles. The second kappa shape index (κ2) is 6.57. The van der Waals surface area contributed by atoms with Gasteiger partial charge in [0, 0.05) is 11.8 Å². The Hall–Kier alpha value is -2.09. The van der Waals surface area contributed by atoms with Gasteiger partial charge in [-0.25, -0.2) is 0 Å². The van der Waals surface area contributed by atoms with Gasteiger partial charge < -0.3 is 5.32 Å². The van der Waals surface area contributed by atoms with Crippen molar-refractivity contribution in [3.8, 4) is 0 Å². The molecule has 1 radical (unpaired) electrons. The first-order chi connectivity index (χ1) is 9.97.